The predicted molar refractivity (Wildman–Crippen MR) is 143 cm³/mol. The van der Waals surface area contributed by atoms with Crippen LogP contribution >= 0.6 is 0 Å². The van der Waals surface area contributed by atoms with E-state index in [0.29, 0.717) is 18.2 Å². The van der Waals surface area contributed by atoms with E-state index in [-0.39, 0.29) is 26.5 Å². The fourth-order valence-corrected chi connectivity index (χ4v) is 3.47. The van der Waals surface area contributed by atoms with Crippen molar-refractivity contribution in [3.63, 3.8) is 0 Å². The third-order valence-corrected chi connectivity index (χ3v) is 5.58. The number of hydrogen-bond acceptors (Lipinski definition) is 7. The summed E-state index contributed by atoms with van der Waals surface area (Å²) in [5.74, 6) is 0.220. The fourth-order valence-electron chi connectivity index (χ4n) is 3.47. The fraction of sp³-hybridized carbons (Fsp3) is 0.500. The summed E-state index contributed by atoms with van der Waals surface area (Å²) >= 11 is 0. The highest BCUT2D eigenvalue weighted by atomic mass is 16.2. The molecule has 1 aliphatic rings. The molecule has 0 spiro atoms. The zero-order valence-corrected chi connectivity index (χ0v) is 20.0. The number of pyridine rings is 2. The number of fused-ring (bicyclic) bond motifs is 1. The number of likely N-dealkylation sites (tertiary alicyclic amines) is 1. The molecule has 1 aliphatic heterocycles. The number of ketones is 1. The topological polar surface area (TPSA) is 133 Å². The number of carbonyl (C=O) groups excluding carboxylic acids is 2. The van der Waals surface area contributed by atoms with E-state index in [9.17, 15) is 9.59 Å². The standard InChI is InChI=1S/C11H13N3O.C7H14N2O.C6H8N2.2CH4/c1-4-14-11-10(6-13-14)7(2)9(5-12-11)8(3)15;1-6(10)9-4-2-7(8)3-5-9;7-5-6-1-3-8-4-2-6;;/h5-6H,4H2,1-3H3;7H,2-5,8H2,1H3;1-4H,5,7H2;2*1H4. The predicted octanol–water partition coefficient (Wildman–Crippen LogP) is 3.73. The van der Waals surface area contributed by atoms with Gasteiger partial charge in [-0.15, -0.1) is 0 Å². The van der Waals surface area contributed by atoms with Crippen molar-refractivity contribution in [3.8, 4) is 0 Å². The van der Waals surface area contributed by atoms with Crippen molar-refractivity contribution in [1.29, 1.82) is 0 Å². The first-order valence-electron chi connectivity index (χ1n) is 11.2. The molecule has 0 radical (unpaired) electrons. The lowest BCUT2D eigenvalue weighted by Gasteiger charge is -2.28. The molecule has 9 nitrogen and oxygen atoms in total. The summed E-state index contributed by atoms with van der Waals surface area (Å²) < 4.78 is 1.83. The summed E-state index contributed by atoms with van der Waals surface area (Å²) in [5, 5.41) is 5.18. The van der Waals surface area contributed by atoms with Gasteiger partial charge in [0.15, 0.2) is 11.4 Å². The van der Waals surface area contributed by atoms with Crippen LogP contribution in [0.3, 0.4) is 0 Å². The Morgan fingerprint density at radius 2 is 1.69 bits per heavy atom. The summed E-state index contributed by atoms with van der Waals surface area (Å²) in [6.07, 6.45) is 8.80. The molecular weight excluding hydrogens is 442 g/mol. The lowest BCUT2D eigenvalue weighted by molar-refractivity contribution is -0.129. The van der Waals surface area contributed by atoms with Crippen LogP contribution in [0.15, 0.2) is 36.9 Å². The average Bonchev–Trinajstić information content (AvgIpc) is 3.25. The van der Waals surface area contributed by atoms with Crippen molar-refractivity contribution in [2.24, 2.45) is 11.5 Å². The van der Waals surface area contributed by atoms with Crippen LogP contribution in [0.2, 0.25) is 0 Å². The van der Waals surface area contributed by atoms with Gasteiger partial charge in [-0.25, -0.2) is 9.67 Å². The first-order valence-corrected chi connectivity index (χ1v) is 11.2. The quantitative estimate of drug-likeness (QED) is 0.540. The van der Waals surface area contributed by atoms with Crippen molar-refractivity contribution < 1.29 is 9.59 Å². The van der Waals surface area contributed by atoms with Gasteiger partial charge in [0.25, 0.3) is 0 Å². The highest BCUT2D eigenvalue weighted by molar-refractivity contribution is 5.99. The van der Waals surface area contributed by atoms with Gasteiger partial charge in [0.05, 0.1) is 6.20 Å². The second-order valence-electron chi connectivity index (χ2n) is 7.95. The van der Waals surface area contributed by atoms with E-state index in [1.807, 2.05) is 35.6 Å². The Kier molecular flexibility index (Phi) is 14.3. The van der Waals surface area contributed by atoms with E-state index in [1.165, 1.54) is 0 Å². The number of piperidine rings is 1. The van der Waals surface area contributed by atoms with Crippen LogP contribution in [-0.4, -0.2) is 55.5 Å². The minimum absolute atomic E-state index is 0. The smallest absolute Gasteiger partial charge is 0.219 e. The first kappa shape index (κ1) is 31.8. The van der Waals surface area contributed by atoms with Crippen molar-refractivity contribution in [1.82, 2.24) is 24.6 Å². The number of nitrogens with two attached hydrogens (primary N) is 2. The monoisotopic (exact) mass is 485 g/mol. The van der Waals surface area contributed by atoms with Crippen molar-refractivity contribution in [3.05, 3.63) is 53.6 Å². The molecular formula is C26H43N7O2. The van der Waals surface area contributed by atoms with Crippen molar-refractivity contribution in [2.75, 3.05) is 13.1 Å². The Labute approximate surface area is 209 Å². The van der Waals surface area contributed by atoms with Gasteiger partial charge < -0.3 is 16.4 Å². The summed E-state index contributed by atoms with van der Waals surface area (Å²) in [4.78, 5) is 32.1. The number of nitrogens with zero attached hydrogens (tertiary/aromatic N) is 5. The van der Waals surface area contributed by atoms with Crippen LogP contribution in [0, 0.1) is 6.92 Å². The number of aromatic nitrogens is 4. The van der Waals surface area contributed by atoms with Gasteiger partial charge in [-0.05, 0) is 56.9 Å². The summed E-state index contributed by atoms with van der Waals surface area (Å²) in [5.41, 5.74) is 14.6. The highest BCUT2D eigenvalue weighted by Crippen LogP contribution is 2.19. The van der Waals surface area contributed by atoms with Gasteiger partial charge in [-0.1, -0.05) is 14.9 Å². The minimum atomic E-state index is 0. The molecule has 4 heterocycles. The molecule has 1 saturated heterocycles. The largest absolute Gasteiger partial charge is 0.343 e. The van der Waals surface area contributed by atoms with Crippen LogP contribution < -0.4 is 11.5 Å². The maximum atomic E-state index is 11.3. The van der Waals surface area contributed by atoms with Gasteiger partial charge in [0.1, 0.15) is 0 Å². The number of hydrogen-bond donors (Lipinski definition) is 2. The number of Topliss-reactive ketones (excluding diaryl/α,β-unsaturated/α-hetero) is 1. The Morgan fingerprint density at radius 3 is 2.14 bits per heavy atom. The number of aryl methyl sites for hydroxylation is 2. The molecule has 3 aromatic rings. The Hall–Kier alpha value is -3.17. The maximum absolute atomic E-state index is 11.3. The second-order valence-corrected chi connectivity index (χ2v) is 7.95. The van der Waals surface area contributed by atoms with Crippen molar-refractivity contribution in [2.45, 2.75) is 74.5 Å². The Balaban J connectivity index is 0.000000509. The molecule has 1 amide bonds. The highest BCUT2D eigenvalue weighted by Gasteiger charge is 2.17. The molecule has 3 aromatic heterocycles. The molecule has 194 valence electrons. The van der Waals surface area contributed by atoms with Gasteiger partial charge in [-0.2, -0.15) is 5.10 Å². The van der Waals surface area contributed by atoms with Gasteiger partial charge in [0, 0.05) is 68.7 Å². The van der Waals surface area contributed by atoms with Crippen LogP contribution in [0.4, 0.5) is 0 Å². The third-order valence-electron chi connectivity index (χ3n) is 5.58. The molecule has 0 bridgehead atoms. The van der Waals surface area contributed by atoms with Crippen LogP contribution in [0.5, 0.6) is 0 Å². The van der Waals surface area contributed by atoms with Crippen LogP contribution in [0.25, 0.3) is 11.0 Å². The number of amides is 1. The van der Waals surface area contributed by atoms with Gasteiger partial charge >= 0.3 is 0 Å². The molecule has 0 aromatic carbocycles. The molecule has 4 rings (SSSR count). The molecule has 0 aliphatic carbocycles. The maximum Gasteiger partial charge on any atom is 0.219 e. The zero-order chi connectivity index (χ0) is 24.4. The molecule has 35 heavy (non-hydrogen) atoms. The normalized spacial score (nSPS) is 12.8. The van der Waals surface area contributed by atoms with Gasteiger partial charge in [0.2, 0.25) is 5.91 Å². The average molecular weight is 486 g/mol. The first-order chi connectivity index (χ1) is 15.8. The third kappa shape index (κ3) is 9.18. The van der Waals surface area contributed by atoms with E-state index in [2.05, 4.69) is 15.1 Å². The van der Waals surface area contributed by atoms with Gasteiger partial charge in [-0.3, -0.25) is 14.6 Å². The number of rotatable bonds is 3. The molecule has 4 N–H and O–H groups in total. The minimum Gasteiger partial charge on any atom is -0.343 e. The second kappa shape index (κ2) is 15.7. The van der Waals surface area contributed by atoms with Crippen LogP contribution in [0.1, 0.15) is 70.0 Å². The lowest BCUT2D eigenvalue weighted by Crippen LogP contribution is -2.41. The molecule has 0 atom stereocenters. The molecule has 1 fully saturated rings. The van der Waals surface area contributed by atoms with E-state index in [0.717, 1.165) is 54.6 Å². The SMILES string of the molecule is C.C.CC(=O)N1CCC(N)CC1.CCn1ncc2c(C)c(C(C)=O)cnc21.NCc1ccncc1. The summed E-state index contributed by atoms with van der Waals surface area (Å²) in [6, 6.07) is 4.12. The van der Waals surface area contributed by atoms with E-state index in [4.69, 9.17) is 11.5 Å². The summed E-state index contributed by atoms with van der Waals surface area (Å²) in [7, 11) is 0. The molecule has 0 unspecified atom stereocenters. The van der Waals surface area contributed by atoms with E-state index >= 15 is 0 Å². The Morgan fingerprint density at radius 1 is 1.09 bits per heavy atom. The van der Waals surface area contributed by atoms with E-state index < -0.39 is 0 Å². The molecule has 0 saturated carbocycles. The Bertz CT molecular complexity index is 1040. The lowest BCUT2D eigenvalue weighted by atomic mass is 10.1. The summed E-state index contributed by atoms with van der Waals surface area (Å²) in [6.45, 7) is 10.2. The van der Waals surface area contributed by atoms with Crippen molar-refractivity contribution >= 4 is 22.7 Å². The molecule has 9 heteroatoms. The van der Waals surface area contributed by atoms with Crippen LogP contribution in [-0.2, 0) is 17.9 Å². The van der Waals surface area contributed by atoms with E-state index in [1.54, 1.807) is 38.6 Å². The number of carbonyl (C=O) groups is 2. The zero-order valence-electron chi connectivity index (χ0n) is 20.0.